The van der Waals surface area contributed by atoms with Crippen molar-refractivity contribution in [1.82, 2.24) is 25.3 Å². The van der Waals surface area contributed by atoms with Gasteiger partial charge in [0.25, 0.3) is 11.8 Å². The van der Waals surface area contributed by atoms with E-state index in [1.165, 1.54) is 6.42 Å². The maximum Gasteiger partial charge on any atom is 0.257 e. The van der Waals surface area contributed by atoms with Crippen molar-refractivity contribution in [3.05, 3.63) is 69.5 Å². The highest BCUT2D eigenvalue weighted by Gasteiger charge is 2.38. The maximum absolute atomic E-state index is 13.0. The summed E-state index contributed by atoms with van der Waals surface area (Å²) in [5.41, 5.74) is 4.64. The van der Waals surface area contributed by atoms with E-state index in [4.69, 9.17) is 16.1 Å². The number of amides is 1. The van der Waals surface area contributed by atoms with E-state index in [0.29, 0.717) is 48.5 Å². The first-order valence-corrected chi connectivity index (χ1v) is 11.4. The van der Waals surface area contributed by atoms with Crippen LogP contribution in [0.5, 0.6) is 0 Å². The molecule has 3 aliphatic rings. The number of carbonyl (C=O) groups excluding carboxylic acids is 1. The van der Waals surface area contributed by atoms with Gasteiger partial charge >= 0.3 is 0 Å². The zero-order chi connectivity index (χ0) is 21.8. The highest BCUT2D eigenvalue weighted by atomic mass is 35.5. The molecule has 2 bridgehead atoms. The Kier molecular flexibility index (Phi) is 4.78. The van der Waals surface area contributed by atoms with Crippen LogP contribution in [-0.2, 0) is 19.6 Å². The van der Waals surface area contributed by atoms with Gasteiger partial charge in [-0.3, -0.25) is 9.69 Å². The van der Waals surface area contributed by atoms with Crippen LogP contribution in [0.3, 0.4) is 0 Å². The Labute approximate surface area is 191 Å². The van der Waals surface area contributed by atoms with Crippen molar-refractivity contribution in [3.63, 3.8) is 0 Å². The lowest BCUT2D eigenvalue weighted by molar-refractivity contribution is 0.0766. The third-order valence-corrected chi connectivity index (χ3v) is 7.05. The van der Waals surface area contributed by atoms with Gasteiger partial charge in [-0.1, -0.05) is 28.9 Å². The summed E-state index contributed by atoms with van der Waals surface area (Å²) in [6.07, 6.45) is 1.20. The van der Waals surface area contributed by atoms with Gasteiger partial charge in [-0.05, 0) is 54.3 Å². The molecule has 2 saturated heterocycles. The summed E-state index contributed by atoms with van der Waals surface area (Å²) in [5, 5.41) is 8.43. The number of aromatic nitrogens is 2. The van der Waals surface area contributed by atoms with Crippen molar-refractivity contribution in [2.24, 2.45) is 0 Å². The predicted octanol–water partition coefficient (Wildman–Crippen LogP) is 3.40. The smallest absolute Gasteiger partial charge is 0.257 e. The third-order valence-electron chi connectivity index (χ3n) is 6.80. The number of nitrogens with one attached hydrogen (secondary N) is 1. The first kappa shape index (κ1) is 19.9. The average Bonchev–Trinajstić information content (AvgIpc) is 3.55. The fourth-order valence-corrected chi connectivity index (χ4v) is 5.37. The van der Waals surface area contributed by atoms with Gasteiger partial charge in [0.2, 0.25) is 0 Å². The molecule has 7 nitrogen and oxygen atoms in total. The number of rotatable bonds is 5. The van der Waals surface area contributed by atoms with E-state index >= 15 is 0 Å². The molecule has 0 aliphatic carbocycles. The van der Waals surface area contributed by atoms with E-state index < -0.39 is 0 Å². The van der Waals surface area contributed by atoms with Crippen LogP contribution in [0.2, 0.25) is 5.02 Å². The Bertz CT molecular complexity index is 1190. The maximum atomic E-state index is 13.0. The molecule has 0 unspecified atom stereocenters. The van der Waals surface area contributed by atoms with E-state index in [0.717, 1.165) is 40.9 Å². The molecule has 2 aromatic carbocycles. The van der Waals surface area contributed by atoms with Gasteiger partial charge in [0.05, 0.1) is 6.54 Å². The van der Waals surface area contributed by atoms with Crippen molar-refractivity contribution < 1.29 is 9.32 Å². The lowest BCUT2D eigenvalue weighted by Crippen LogP contribution is -2.43. The van der Waals surface area contributed by atoms with Crippen LogP contribution in [0.15, 0.2) is 40.9 Å². The number of hydrogen-bond acceptors (Lipinski definition) is 6. The summed E-state index contributed by atoms with van der Waals surface area (Å²) in [5.74, 6) is 1.28. The molecule has 2 fully saturated rings. The van der Waals surface area contributed by atoms with E-state index in [1.54, 1.807) is 0 Å². The van der Waals surface area contributed by atoms with Crippen LogP contribution in [0, 0.1) is 6.92 Å². The minimum absolute atomic E-state index is 0.0583. The van der Waals surface area contributed by atoms with Crippen LogP contribution in [0.25, 0.3) is 11.5 Å². The Morgan fingerprint density at radius 2 is 2.06 bits per heavy atom. The lowest BCUT2D eigenvalue weighted by atomic mass is 10.0. The van der Waals surface area contributed by atoms with Crippen molar-refractivity contribution in [1.29, 1.82) is 0 Å². The summed E-state index contributed by atoms with van der Waals surface area (Å²) in [6.45, 7) is 5.88. The summed E-state index contributed by atoms with van der Waals surface area (Å²) in [7, 11) is 0. The highest BCUT2D eigenvalue weighted by Crippen LogP contribution is 2.32. The molecular formula is C24H24ClN5O2. The van der Waals surface area contributed by atoms with Gasteiger partial charge in [0.15, 0.2) is 5.82 Å². The van der Waals surface area contributed by atoms with Gasteiger partial charge in [0.1, 0.15) is 0 Å². The van der Waals surface area contributed by atoms with Crippen molar-refractivity contribution >= 4 is 17.5 Å². The monoisotopic (exact) mass is 449 g/mol. The van der Waals surface area contributed by atoms with E-state index in [1.807, 2.05) is 48.2 Å². The zero-order valence-corrected chi connectivity index (χ0v) is 18.6. The summed E-state index contributed by atoms with van der Waals surface area (Å²) in [6, 6.07) is 12.8. The van der Waals surface area contributed by atoms with E-state index in [9.17, 15) is 4.79 Å². The molecule has 3 aliphatic heterocycles. The van der Waals surface area contributed by atoms with Gasteiger partial charge in [-0.2, -0.15) is 4.98 Å². The lowest BCUT2D eigenvalue weighted by Gasteiger charge is -2.25. The van der Waals surface area contributed by atoms with E-state index in [-0.39, 0.29) is 5.91 Å². The molecule has 1 aromatic heterocycles. The molecule has 2 atom stereocenters. The number of benzene rings is 2. The van der Waals surface area contributed by atoms with Crippen LogP contribution < -0.4 is 5.32 Å². The average molecular weight is 450 g/mol. The number of likely N-dealkylation sites (tertiary alicyclic amines) is 1. The summed E-state index contributed by atoms with van der Waals surface area (Å²) >= 11 is 5.99. The normalized spacial score (nSPS) is 22.2. The highest BCUT2D eigenvalue weighted by molar-refractivity contribution is 6.30. The molecule has 8 heteroatoms. The summed E-state index contributed by atoms with van der Waals surface area (Å²) < 4.78 is 5.60. The van der Waals surface area contributed by atoms with Crippen LogP contribution >= 0.6 is 11.6 Å². The number of halogens is 1. The van der Waals surface area contributed by atoms with Crippen LogP contribution in [0.1, 0.15) is 39.3 Å². The molecule has 0 saturated carbocycles. The molecule has 1 amide bonds. The molecule has 6 rings (SSSR count). The molecule has 164 valence electrons. The molecule has 1 N–H and O–H groups in total. The number of nitrogens with zero attached hydrogens (tertiary/aromatic N) is 4. The first-order chi connectivity index (χ1) is 15.5. The molecule has 32 heavy (non-hydrogen) atoms. The van der Waals surface area contributed by atoms with Crippen LogP contribution in [0.4, 0.5) is 0 Å². The third kappa shape index (κ3) is 3.50. The number of aryl methyl sites for hydroxylation is 1. The molecule has 0 spiro atoms. The molecule has 0 radical (unpaired) electrons. The Balaban J connectivity index is 1.21. The Hall–Kier alpha value is -2.74. The van der Waals surface area contributed by atoms with Gasteiger partial charge in [-0.15, -0.1) is 0 Å². The van der Waals surface area contributed by atoms with Gasteiger partial charge in [-0.25, -0.2) is 0 Å². The van der Waals surface area contributed by atoms with Crippen molar-refractivity contribution in [2.75, 3.05) is 13.1 Å². The Morgan fingerprint density at radius 1 is 1.22 bits per heavy atom. The van der Waals surface area contributed by atoms with E-state index in [2.05, 4.69) is 20.4 Å². The molecule has 4 heterocycles. The summed E-state index contributed by atoms with van der Waals surface area (Å²) in [4.78, 5) is 22.0. The first-order valence-electron chi connectivity index (χ1n) is 11.0. The number of hydrogen-bond donors (Lipinski definition) is 1. The minimum Gasteiger partial charge on any atom is -0.334 e. The number of piperazine rings is 1. The van der Waals surface area contributed by atoms with Gasteiger partial charge in [0, 0.05) is 54.4 Å². The number of carbonyl (C=O) groups is 1. The van der Waals surface area contributed by atoms with Gasteiger partial charge < -0.3 is 14.7 Å². The fraction of sp³-hybridized carbons (Fsp3) is 0.375. The quantitative estimate of drug-likeness (QED) is 0.643. The fourth-order valence-electron chi connectivity index (χ4n) is 5.25. The second-order valence-corrected chi connectivity index (χ2v) is 9.49. The molecule has 3 aromatic rings. The Morgan fingerprint density at radius 3 is 2.81 bits per heavy atom. The SMILES string of the molecule is Cc1cc(-c2nc(CN3C[C@H]4C[C@@H]3CN4)no2)cc2c1C(=O)N(Cc1ccc(Cl)cc1)C2. The predicted molar refractivity (Wildman–Crippen MR) is 120 cm³/mol. The second kappa shape index (κ2) is 7.69. The largest absolute Gasteiger partial charge is 0.334 e. The minimum atomic E-state index is 0.0583. The zero-order valence-electron chi connectivity index (χ0n) is 17.8. The van der Waals surface area contributed by atoms with Crippen molar-refractivity contribution in [3.8, 4) is 11.5 Å². The molecular weight excluding hydrogens is 426 g/mol. The standard InChI is InChI=1S/C24H24ClN5O2/c1-14-6-16(23-27-21(28-32-23)13-29-12-19-8-20(29)9-26-19)7-17-11-30(24(31)22(14)17)10-15-2-4-18(25)5-3-15/h2-7,19-20,26H,8-13H2,1H3/t19-,20-/m1/s1. The topological polar surface area (TPSA) is 74.5 Å². The van der Waals surface area contributed by atoms with Crippen molar-refractivity contribution in [2.45, 2.75) is 45.1 Å². The van der Waals surface area contributed by atoms with Crippen LogP contribution in [-0.4, -0.2) is 51.0 Å². The number of fused-ring (bicyclic) bond motifs is 3. The second-order valence-electron chi connectivity index (χ2n) is 9.05.